The van der Waals surface area contributed by atoms with Crippen LogP contribution in [0.1, 0.15) is 42.0 Å². The minimum atomic E-state index is -0.145. The predicted molar refractivity (Wildman–Crippen MR) is 93.7 cm³/mol. The maximum atomic E-state index is 12.4. The van der Waals surface area contributed by atoms with Gasteiger partial charge in [-0.1, -0.05) is 24.6 Å². The van der Waals surface area contributed by atoms with Gasteiger partial charge in [0.25, 0.3) is 5.91 Å². The molecule has 1 saturated carbocycles. The van der Waals surface area contributed by atoms with E-state index in [0.29, 0.717) is 24.0 Å². The van der Waals surface area contributed by atoms with E-state index in [9.17, 15) is 4.79 Å². The molecule has 24 heavy (non-hydrogen) atoms. The first kappa shape index (κ1) is 17.1. The Morgan fingerprint density at radius 1 is 1.46 bits per heavy atom. The lowest BCUT2D eigenvalue weighted by atomic mass is 9.84. The number of carbonyl (C=O) groups excluding carboxylic acids is 1. The van der Waals surface area contributed by atoms with Gasteiger partial charge in [0.15, 0.2) is 10.9 Å². The van der Waals surface area contributed by atoms with Gasteiger partial charge in [-0.2, -0.15) is 0 Å². The topological polar surface area (TPSA) is 86.1 Å². The van der Waals surface area contributed by atoms with Gasteiger partial charge in [-0.3, -0.25) is 4.79 Å². The highest BCUT2D eigenvalue weighted by atomic mass is 32.2. The van der Waals surface area contributed by atoms with E-state index in [0.717, 1.165) is 30.2 Å². The number of nitrogens with two attached hydrogens (primary N) is 1. The van der Waals surface area contributed by atoms with Crippen molar-refractivity contribution in [3.63, 3.8) is 0 Å². The molecule has 2 heterocycles. The van der Waals surface area contributed by atoms with E-state index in [1.165, 1.54) is 6.42 Å². The summed E-state index contributed by atoms with van der Waals surface area (Å²) in [5, 5.41) is 4.01. The second kappa shape index (κ2) is 7.90. The molecule has 7 heteroatoms. The summed E-state index contributed by atoms with van der Waals surface area (Å²) in [4.78, 5) is 16.7. The summed E-state index contributed by atoms with van der Waals surface area (Å²) >= 11 is 1.58. The largest absolute Gasteiger partial charge is 0.455 e. The predicted octanol–water partition coefficient (Wildman–Crippen LogP) is 2.55. The SMILES string of the molecule is Cn1ccnc1SCc1ccc(C(=O)NC2CCCCC2CN)o1. The Hall–Kier alpha value is -1.73. The number of furan rings is 1. The number of nitrogens with zero attached hydrogens (tertiary/aromatic N) is 2. The maximum absolute atomic E-state index is 12.4. The van der Waals surface area contributed by atoms with Gasteiger partial charge in [-0.05, 0) is 37.4 Å². The Bertz CT molecular complexity index is 682. The van der Waals surface area contributed by atoms with Gasteiger partial charge >= 0.3 is 0 Å². The minimum Gasteiger partial charge on any atom is -0.455 e. The van der Waals surface area contributed by atoms with Gasteiger partial charge in [0.1, 0.15) is 5.76 Å². The number of thioether (sulfide) groups is 1. The zero-order valence-electron chi connectivity index (χ0n) is 13.9. The maximum Gasteiger partial charge on any atom is 0.287 e. The summed E-state index contributed by atoms with van der Waals surface area (Å²) in [5.41, 5.74) is 5.82. The molecule has 3 N–H and O–H groups in total. The van der Waals surface area contributed by atoms with Crippen LogP contribution >= 0.6 is 11.8 Å². The highest BCUT2D eigenvalue weighted by Crippen LogP contribution is 2.25. The second-order valence-corrected chi connectivity index (χ2v) is 7.18. The van der Waals surface area contributed by atoms with Crippen LogP contribution in [0.4, 0.5) is 0 Å². The van der Waals surface area contributed by atoms with Crippen LogP contribution in [-0.2, 0) is 12.8 Å². The molecule has 2 aromatic rings. The van der Waals surface area contributed by atoms with E-state index in [-0.39, 0.29) is 11.9 Å². The normalized spacial score (nSPS) is 20.9. The van der Waals surface area contributed by atoms with Crippen molar-refractivity contribution in [2.24, 2.45) is 18.7 Å². The van der Waals surface area contributed by atoms with E-state index >= 15 is 0 Å². The van der Waals surface area contributed by atoms with Crippen molar-refractivity contribution in [2.75, 3.05) is 6.54 Å². The molecule has 2 unspecified atom stereocenters. The number of carbonyl (C=O) groups is 1. The number of aromatic nitrogens is 2. The van der Waals surface area contributed by atoms with Crippen LogP contribution in [0.2, 0.25) is 0 Å². The molecule has 130 valence electrons. The monoisotopic (exact) mass is 348 g/mol. The van der Waals surface area contributed by atoms with Crippen LogP contribution < -0.4 is 11.1 Å². The van der Waals surface area contributed by atoms with Gasteiger partial charge in [0.05, 0.1) is 5.75 Å². The molecule has 0 spiro atoms. The first-order chi connectivity index (χ1) is 11.7. The fraction of sp³-hybridized carbons (Fsp3) is 0.529. The second-order valence-electron chi connectivity index (χ2n) is 6.24. The molecule has 0 bridgehead atoms. The average molecular weight is 348 g/mol. The molecule has 3 rings (SSSR count). The Kier molecular flexibility index (Phi) is 5.63. The summed E-state index contributed by atoms with van der Waals surface area (Å²) in [6.45, 7) is 0.620. The number of rotatable bonds is 6. The molecule has 2 aromatic heterocycles. The lowest BCUT2D eigenvalue weighted by molar-refractivity contribution is 0.0878. The van der Waals surface area contributed by atoms with Crippen LogP contribution in [0, 0.1) is 5.92 Å². The molecule has 0 aromatic carbocycles. The van der Waals surface area contributed by atoms with Crippen molar-refractivity contribution in [3.05, 3.63) is 36.0 Å². The summed E-state index contributed by atoms with van der Waals surface area (Å²) in [7, 11) is 1.95. The fourth-order valence-electron chi connectivity index (χ4n) is 3.12. The van der Waals surface area contributed by atoms with E-state index in [4.69, 9.17) is 10.2 Å². The lowest BCUT2D eigenvalue weighted by Crippen LogP contribution is -2.44. The summed E-state index contributed by atoms with van der Waals surface area (Å²) < 4.78 is 7.65. The average Bonchev–Trinajstić information content (AvgIpc) is 3.22. The van der Waals surface area contributed by atoms with Crippen LogP contribution in [0.15, 0.2) is 34.1 Å². The van der Waals surface area contributed by atoms with Gasteiger partial charge in [0.2, 0.25) is 0 Å². The van der Waals surface area contributed by atoms with E-state index in [2.05, 4.69) is 10.3 Å². The smallest absolute Gasteiger partial charge is 0.287 e. The molecule has 0 aliphatic heterocycles. The van der Waals surface area contributed by atoms with Crippen molar-refractivity contribution in [2.45, 2.75) is 42.6 Å². The summed E-state index contributed by atoms with van der Waals surface area (Å²) in [5.74, 6) is 2.01. The quantitative estimate of drug-likeness (QED) is 0.784. The molecule has 1 fully saturated rings. The standard InChI is InChI=1S/C17H24N4O2S/c1-21-9-8-19-17(21)24-11-13-6-7-15(23-13)16(22)20-14-5-3-2-4-12(14)10-18/h6-9,12,14H,2-5,10-11,18H2,1H3,(H,20,22). The van der Waals surface area contributed by atoms with Gasteiger partial charge in [0, 0.05) is 25.5 Å². The molecular weight excluding hydrogens is 324 g/mol. The Morgan fingerprint density at radius 3 is 3.04 bits per heavy atom. The Labute approximate surface area is 146 Å². The number of imidazole rings is 1. The number of amides is 1. The van der Waals surface area contributed by atoms with Gasteiger partial charge in [-0.25, -0.2) is 4.98 Å². The molecule has 0 radical (unpaired) electrons. The van der Waals surface area contributed by atoms with Crippen molar-refractivity contribution < 1.29 is 9.21 Å². The first-order valence-corrected chi connectivity index (χ1v) is 9.35. The molecule has 1 amide bonds. The molecular formula is C17H24N4O2S. The van der Waals surface area contributed by atoms with Crippen molar-refractivity contribution in [1.29, 1.82) is 0 Å². The van der Waals surface area contributed by atoms with Gasteiger partial charge < -0.3 is 20.0 Å². The number of hydrogen-bond donors (Lipinski definition) is 2. The molecule has 2 atom stereocenters. The Morgan fingerprint density at radius 2 is 2.29 bits per heavy atom. The zero-order chi connectivity index (χ0) is 16.9. The van der Waals surface area contributed by atoms with Crippen LogP contribution in [0.3, 0.4) is 0 Å². The third kappa shape index (κ3) is 4.02. The molecule has 6 nitrogen and oxygen atoms in total. The van der Waals surface area contributed by atoms with Crippen molar-refractivity contribution in [3.8, 4) is 0 Å². The first-order valence-electron chi connectivity index (χ1n) is 8.37. The lowest BCUT2D eigenvalue weighted by Gasteiger charge is -2.30. The summed E-state index contributed by atoms with van der Waals surface area (Å²) in [6, 6.07) is 3.75. The third-order valence-corrected chi connectivity index (χ3v) is 5.61. The van der Waals surface area contributed by atoms with Crippen LogP contribution in [-0.4, -0.2) is 28.0 Å². The van der Waals surface area contributed by atoms with Gasteiger partial charge in [-0.15, -0.1) is 0 Å². The Balaban J connectivity index is 1.56. The number of nitrogens with one attached hydrogen (secondary N) is 1. The van der Waals surface area contributed by atoms with E-state index in [1.54, 1.807) is 24.0 Å². The summed E-state index contributed by atoms with van der Waals surface area (Å²) in [6.07, 6.45) is 8.10. The van der Waals surface area contributed by atoms with Crippen molar-refractivity contribution in [1.82, 2.24) is 14.9 Å². The van der Waals surface area contributed by atoms with Crippen LogP contribution in [0.5, 0.6) is 0 Å². The molecule has 0 saturated heterocycles. The van der Waals surface area contributed by atoms with E-state index in [1.807, 2.05) is 23.9 Å². The highest BCUT2D eigenvalue weighted by molar-refractivity contribution is 7.98. The van der Waals surface area contributed by atoms with Crippen molar-refractivity contribution >= 4 is 17.7 Å². The molecule has 1 aliphatic carbocycles. The third-order valence-electron chi connectivity index (χ3n) is 4.53. The van der Waals surface area contributed by atoms with Crippen LogP contribution in [0.25, 0.3) is 0 Å². The fourth-order valence-corrected chi connectivity index (χ4v) is 3.95. The minimum absolute atomic E-state index is 0.145. The zero-order valence-corrected chi connectivity index (χ0v) is 14.7. The van der Waals surface area contributed by atoms with E-state index < -0.39 is 0 Å². The highest BCUT2D eigenvalue weighted by Gasteiger charge is 2.26. The number of aryl methyl sites for hydroxylation is 1. The number of hydrogen-bond acceptors (Lipinski definition) is 5. The molecule has 1 aliphatic rings.